The summed E-state index contributed by atoms with van der Waals surface area (Å²) in [6, 6.07) is 14.5. The molecule has 122 valence electrons. The Bertz CT molecular complexity index is 780. The van der Waals surface area contributed by atoms with Gasteiger partial charge in [0.15, 0.2) is 0 Å². The van der Waals surface area contributed by atoms with Gasteiger partial charge in [-0.15, -0.1) is 0 Å². The van der Waals surface area contributed by atoms with Crippen LogP contribution in [-0.2, 0) is 4.79 Å². The molecule has 0 unspecified atom stereocenters. The number of para-hydroxylation sites is 1. The highest BCUT2D eigenvalue weighted by atomic mass is 19.1. The maximum absolute atomic E-state index is 13.5. The molecule has 0 bridgehead atoms. The Morgan fingerprint density at radius 3 is 2.58 bits per heavy atom. The lowest BCUT2D eigenvalue weighted by atomic mass is 10.2. The van der Waals surface area contributed by atoms with Crippen LogP contribution in [0.4, 0.5) is 15.8 Å². The first-order valence-electron chi connectivity index (χ1n) is 7.29. The number of halogens is 1. The largest absolute Gasteiger partial charge is 0.494 e. The third kappa shape index (κ3) is 4.58. The lowest BCUT2D eigenvalue weighted by molar-refractivity contribution is -0.112. The molecular weight excluding hydrogens is 309 g/mol. The first kappa shape index (κ1) is 17.0. The molecule has 0 aromatic heterocycles. The quantitative estimate of drug-likeness (QED) is 0.627. The molecule has 2 aromatic rings. The maximum atomic E-state index is 13.5. The second kappa shape index (κ2) is 8.34. The van der Waals surface area contributed by atoms with E-state index in [-0.39, 0.29) is 11.3 Å². The summed E-state index contributed by atoms with van der Waals surface area (Å²) in [5.74, 6) is -0.378. The predicted molar refractivity (Wildman–Crippen MR) is 90.0 cm³/mol. The fourth-order valence-electron chi connectivity index (χ4n) is 1.88. The van der Waals surface area contributed by atoms with Crippen LogP contribution in [0.5, 0.6) is 5.75 Å². The van der Waals surface area contributed by atoms with Crippen LogP contribution in [-0.4, -0.2) is 12.5 Å². The van der Waals surface area contributed by atoms with Crippen LogP contribution in [0.25, 0.3) is 0 Å². The summed E-state index contributed by atoms with van der Waals surface area (Å²) >= 11 is 0. The summed E-state index contributed by atoms with van der Waals surface area (Å²) < 4.78 is 18.8. The molecule has 0 saturated heterocycles. The molecule has 0 aliphatic heterocycles. The van der Waals surface area contributed by atoms with Crippen LogP contribution >= 0.6 is 0 Å². The van der Waals surface area contributed by atoms with Crippen molar-refractivity contribution in [3.63, 3.8) is 0 Å². The molecule has 0 saturated carbocycles. The van der Waals surface area contributed by atoms with Gasteiger partial charge in [-0.1, -0.05) is 12.1 Å². The highest BCUT2D eigenvalue weighted by molar-refractivity contribution is 6.06. The van der Waals surface area contributed by atoms with Crippen LogP contribution in [0.15, 0.2) is 60.3 Å². The molecule has 2 N–H and O–H groups in total. The van der Waals surface area contributed by atoms with Gasteiger partial charge in [0.1, 0.15) is 23.2 Å². The van der Waals surface area contributed by atoms with Gasteiger partial charge in [-0.25, -0.2) is 4.39 Å². The molecule has 2 rings (SSSR count). The van der Waals surface area contributed by atoms with Gasteiger partial charge in [-0.2, -0.15) is 5.26 Å². The minimum absolute atomic E-state index is 0.174. The number of hydrogen-bond acceptors (Lipinski definition) is 4. The number of amides is 1. The second-order valence-corrected chi connectivity index (χ2v) is 4.71. The summed E-state index contributed by atoms with van der Waals surface area (Å²) in [5, 5.41) is 14.3. The number of benzene rings is 2. The number of nitrogens with zero attached hydrogens (tertiary/aromatic N) is 1. The van der Waals surface area contributed by atoms with Crippen LogP contribution in [0, 0.1) is 17.1 Å². The van der Waals surface area contributed by atoms with E-state index in [0.717, 1.165) is 0 Å². The third-order valence-electron chi connectivity index (χ3n) is 3.03. The number of carbonyl (C=O) groups excluding carboxylic acids is 1. The molecule has 5 nitrogen and oxygen atoms in total. The summed E-state index contributed by atoms with van der Waals surface area (Å²) in [6.45, 7) is 2.43. The number of nitrogens with one attached hydrogen (secondary N) is 2. The first-order valence-corrected chi connectivity index (χ1v) is 7.29. The minimum Gasteiger partial charge on any atom is -0.494 e. The molecule has 0 spiro atoms. The molecule has 0 radical (unpaired) electrons. The van der Waals surface area contributed by atoms with Crippen molar-refractivity contribution in [1.82, 2.24) is 0 Å². The number of anilines is 2. The van der Waals surface area contributed by atoms with Crippen molar-refractivity contribution in [2.45, 2.75) is 6.92 Å². The van der Waals surface area contributed by atoms with Crippen molar-refractivity contribution in [3.8, 4) is 11.8 Å². The van der Waals surface area contributed by atoms with E-state index >= 15 is 0 Å². The van der Waals surface area contributed by atoms with Crippen molar-refractivity contribution >= 4 is 17.3 Å². The average Bonchev–Trinajstić information content (AvgIpc) is 2.59. The summed E-state index contributed by atoms with van der Waals surface area (Å²) in [4.78, 5) is 12.1. The molecule has 0 aliphatic carbocycles. The Morgan fingerprint density at radius 2 is 1.96 bits per heavy atom. The topological polar surface area (TPSA) is 74.1 Å². The van der Waals surface area contributed by atoms with E-state index in [1.54, 1.807) is 42.5 Å². The Kier molecular flexibility index (Phi) is 5.92. The van der Waals surface area contributed by atoms with Crippen LogP contribution < -0.4 is 15.4 Å². The zero-order chi connectivity index (χ0) is 17.4. The minimum atomic E-state index is -0.592. The predicted octanol–water partition coefficient (Wildman–Crippen LogP) is 3.68. The lowest BCUT2D eigenvalue weighted by Gasteiger charge is -2.07. The standard InChI is InChI=1S/C18H16FN3O2/c1-2-24-15-9-7-14(8-10-15)22-18(23)13(11-20)12-21-17-6-4-3-5-16(17)19/h3-10,12,21H,2H2,1H3,(H,22,23)/b13-12-. The van der Waals surface area contributed by atoms with Gasteiger partial charge in [0.25, 0.3) is 5.91 Å². The highest BCUT2D eigenvalue weighted by Crippen LogP contribution is 2.17. The van der Waals surface area contributed by atoms with E-state index in [2.05, 4.69) is 10.6 Å². The zero-order valence-electron chi connectivity index (χ0n) is 13.0. The van der Waals surface area contributed by atoms with Gasteiger partial charge < -0.3 is 15.4 Å². The fourth-order valence-corrected chi connectivity index (χ4v) is 1.88. The van der Waals surface area contributed by atoms with Crippen molar-refractivity contribution in [2.75, 3.05) is 17.2 Å². The fraction of sp³-hybridized carbons (Fsp3) is 0.111. The number of hydrogen-bond donors (Lipinski definition) is 2. The molecule has 24 heavy (non-hydrogen) atoms. The molecule has 0 heterocycles. The van der Waals surface area contributed by atoms with Gasteiger partial charge in [-0.05, 0) is 43.3 Å². The van der Waals surface area contributed by atoms with Gasteiger partial charge >= 0.3 is 0 Å². The number of rotatable bonds is 6. The Labute approximate surface area is 139 Å². The third-order valence-corrected chi connectivity index (χ3v) is 3.03. The van der Waals surface area contributed by atoms with Crippen molar-refractivity contribution in [2.24, 2.45) is 0 Å². The Balaban J connectivity index is 2.04. The van der Waals surface area contributed by atoms with E-state index < -0.39 is 11.7 Å². The molecule has 0 atom stereocenters. The van der Waals surface area contributed by atoms with E-state index in [1.165, 1.54) is 18.3 Å². The summed E-state index contributed by atoms with van der Waals surface area (Å²) in [7, 11) is 0. The highest BCUT2D eigenvalue weighted by Gasteiger charge is 2.10. The van der Waals surface area contributed by atoms with Gasteiger partial charge in [0.05, 0.1) is 12.3 Å². The van der Waals surface area contributed by atoms with Crippen molar-refractivity contribution in [3.05, 3.63) is 66.1 Å². The van der Waals surface area contributed by atoms with E-state index in [9.17, 15) is 9.18 Å². The molecular formula is C18H16FN3O2. The molecule has 1 amide bonds. The molecule has 0 aliphatic rings. The maximum Gasteiger partial charge on any atom is 0.267 e. The Hall–Kier alpha value is -3.33. The number of ether oxygens (including phenoxy) is 1. The Morgan fingerprint density at radius 1 is 1.25 bits per heavy atom. The monoisotopic (exact) mass is 325 g/mol. The van der Waals surface area contributed by atoms with E-state index in [4.69, 9.17) is 10.00 Å². The summed E-state index contributed by atoms with van der Waals surface area (Å²) in [5.41, 5.74) is 0.529. The van der Waals surface area contributed by atoms with Crippen molar-refractivity contribution < 1.29 is 13.9 Å². The first-order chi connectivity index (χ1) is 11.6. The zero-order valence-corrected chi connectivity index (χ0v) is 13.0. The molecule has 0 fully saturated rings. The van der Waals surface area contributed by atoms with Gasteiger partial charge in [0, 0.05) is 11.9 Å². The summed E-state index contributed by atoms with van der Waals surface area (Å²) in [6.07, 6.45) is 1.17. The van der Waals surface area contributed by atoms with Crippen LogP contribution in [0.3, 0.4) is 0 Å². The van der Waals surface area contributed by atoms with Gasteiger partial charge in [-0.3, -0.25) is 4.79 Å². The number of carbonyl (C=O) groups is 1. The normalized spacial score (nSPS) is 10.6. The van der Waals surface area contributed by atoms with Crippen LogP contribution in [0.1, 0.15) is 6.92 Å². The SMILES string of the molecule is CCOc1ccc(NC(=O)/C(C#N)=C\Nc2ccccc2F)cc1. The van der Waals surface area contributed by atoms with Crippen LogP contribution in [0.2, 0.25) is 0 Å². The number of nitriles is 1. The second-order valence-electron chi connectivity index (χ2n) is 4.71. The average molecular weight is 325 g/mol. The lowest BCUT2D eigenvalue weighted by Crippen LogP contribution is -2.14. The smallest absolute Gasteiger partial charge is 0.267 e. The van der Waals surface area contributed by atoms with E-state index in [0.29, 0.717) is 18.0 Å². The molecule has 6 heteroatoms. The van der Waals surface area contributed by atoms with Crippen molar-refractivity contribution in [1.29, 1.82) is 5.26 Å². The molecule has 2 aromatic carbocycles. The van der Waals surface area contributed by atoms with E-state index in [1.807, 2.05) is 6.92 Å². The van der Waals surface area contributed by atoms with Gasteiger partial charge in [0.2, 0.25) is 0 Å².